The van der Waals surface area contributed by atoms with Crippen LogP contribution in [0, 0.1) is 5.82 Å². The van der Waals surface area contributed by atoms with Crippen LogP contribution < -0.4 is 4.74 Å². The number of hydrogen-bond acceptors (Lipinski definition) is 7. The molecule has 146 valence electrons. The molecule has 1 atom stereocenters. The molecule has 1 aliphatic heterocycles. The van der Waals surface area contributed by atoms with Crippen molar-refractivity contribution in [1.82, 2.24) is 25.1 Å². The minimum atomic E-state index is -0.422. The van der Waals surface area contributed by atoms with Crippen LogP contribution in [-0.2, 0) is 17.9 Å². The van der Waals surface area contributed by atoms with Crippen molar-refractivity contribution in [3.05, 3.63) is 65.6 Å². The van der Waals surface area contributed by atoms with Crippen LogP contribution in [0.5, 0.6) is 5.75 Å². The zero-order chi connectivity index (χ0) is 19.8. The maximum Gasteiger partial charge on any atom is 0.280 e. The second kappa shape index (κ2) is 7.10. The fraction of sp³-hybridized carbons (Fsp3) is 0.200. The summed E-state index contributed by atoms with van der Waals surface area (Å²) in [5, 5.41) is 12.3. The summed E-state index contributed by atoms with van der Waals surface area (Å²) in [6.45, 7) is 0.769. The summed E-state index contributed by atoms with van der Waals surface area (Å²) in [7, 11) is 1.63. The zero-order valence-corrected chi connectivity index (χ0v) is 15.4. The molecule has 0 spiro atoms. The Labute approximate surface area is 164 Å². The lowest BCUT2D eigenvalue weighted by Crippen LogP contribution is -2.22. The SMILES string of the molecule is COc1cccc([C@H]2Cn3nnc(-c4nc(-c5ccccc5F)no4)c3CO2)c1. The van der Waals surface area contributed by atoms with Gasteiger partial charge in [-0.05, 0) is 29.8 Å². The van der Waals surface area contributed by atoms with Gasteiger partial charge >= 0.3 is 0 Å². The molecular weight excluding hydrogens is 377 g/mol. The third kappa shape index (κ3) is 3.15. The monoisotopic (exact) mass is 393 g/mol. The Hall–Kier alpha value is -3.59. The third-order valence-corrected chi connectivity index (χ3v) is 4.81. The Balaban J connectivity index is 1.42. The average molecular weight is 393 g/mol. The highest BCUT2D eigenvalue weighted by Gasteiger charge is 2.28. The normalized spacial score (nSPS) is 15.9. The summed E-state index contributed by atoms with van der Waals surface area (Å²) in [5.74, 6) is 0.677. The van der Waals surface area contributed by atoms with Crippen LogP contribution >= 0.6 is 0 Å². The lowest BCUT2D eigenvalue weighted by Gasteiger charge is -2.24. The van der Waals surface area contributed by atoms with E-state index in [1.807, 2.05) is 24.3 Å². The maximum absolute atomic E-state index is 14.0. The molecule has 29 heavy (non-hydrogen) atoms. The van der Waals surface area contributed by atoms with Crippen molar-refractivity contribution in [3.63, 3.8) is 0 Å². The Morgan fingerprint density at radius 3 is 2.93 bits per heavy atom. The number of halogens is 1. The van der Waals surface area contributed by atoms with Gasteiger partial charge in [-0.25, -0.2) is 9.07 Å². The molecule has 0 N–H and O–H groups in total. The number of methoxy groups -OCH3 is 1. The number of hydrogen-bond donors (Lipinski definition) is 0. The van der Waals surface area contributed by atoms with E-state index in [2.05, 4.69) is 20.5 Å². The molecule has 8 nitrogen and oxygen atoms in total. The standard InChI is InChI=1S/C20H16FN5O3/c1-27-13-6-4-5-12(9-13)17-10-26-16(11-28-17)18(23-25-26)20-22-19(24-29-20)14-7-2-3-8-15(14)21/h2-9,17H,10-11H2,1H3/t17-/m1/s1. The van der Waals surface area contributed by atoms with Crippen molar-refractivity contribution in [2.75, 3.05) is 7.11 Å². The van der Waals surface area contributed by atoms with Crippen molar-refractivity contribution >= 4 is 0 Å². The molecule has 0 unspecified atom stereocenters. The van der Waals surface area contributed by atoms with Gasteiger partial charge in [0.1, 0.15) is 17.7 Å². The highest BCUT2D eigenvalue weighted by molar-refractivity contribution is 5.59. The number of benzene rings is 2. The van der Waals surface area contributed by atoms with Gasteiger partial charge in [0.2, 0.25) is 5.82 Å². The van der Waals surface area contributed by atoms with E-state index in [0.29, 0.717) is 12.2 Å². The Morgan fingerprint density at radius 1 is 1.17 bits per heavy atom. The first-order chi connectivity index (χ1) is 14.2. The summed E-state index contributed by atoms with van der Waals surface area (Å²) >= 11 is 0. The fourth-order valence-corrected chi connectivity index (χ4v) is 3.29. The number of rotatable bonds is 4. The summed E-state index contributed by atoms with van der Waals surface area (Å²) in [6.07, 6.45) is -0.177. The highest BCUT2D eigenvalue weighted by atomic mass is 19.1. The molecule has 0 saturated heterocycles. The quantitative estimate of drug-likeness (QED) is 0.525. The van der Waals surface area contributed by atoms with Crippen LogP contribution in [0.1, 0.15) is 17.4 Å². The van der Waals surface area contributed by atoms with Crippen LogP contribution in [0.3, 0.4) is 0 Å². The van der Waals surface area contributed by atoms with E-state index >= 15 is 0 Å². The molecule has 0 radical (unpaired) electrons. The predicted octanol–water partition coefficient (Wildman–Crippen LogP) is 3.41. The van der Waals surface area contributed by atoms with E-state index in [0.717, 1.165) is 17.0 Å². The van der Waals surface area contributed by atoms with Crippen molar-refractivity contribution < 1.29 is 18.4 Å². The Morgan fingerprint density at radius 2 is 2.07 bits per heavy atom. The number of nitrogens with zero attached hydrogens (tertiary/aromatic N) is 5. The van der Waals surface area contributed by atoms with Crippen LogP contribution in [0.25, 0.3) is 23.0 Å². The van der Waals surface area contributed by atoms with Crippen molar-refractivity contribution in [2.24, 2.45) is 0 Å². The predicted molar refractivity (Wildman–Crippen MR) is 99.2 cm³/mol. The number of fused-ring (bicyclic) bond motifs is 1. The molecule has 0 bridgehead atoms. The van der Waals surface area contributed by atoms with Gasteiger partial charge in [-0.3, -0.25) is 0 Å². The van der Waals surface area contributed by atoms with E-state index in [9.17, 15) is 4.39 Å². The minimum Gasteiger partial charge on any atom is -0.497 e. The lowest BCUT2D eigenvalue weighted by molar-refractivity contribution is -0.00127. The van der Waals surface area contributed by atoms with Crippen LogP contribution in [0.15, 0.2) is 53.1 Å². The average Bonchev–Trinajstić information content (AvgIpc) is 3.40. The first-order valence-electron chi connectivity index (χ1n) is 9.00. The van der Waals surface area contributed by atoms with E-state index < -0.39 is 5.82 Å². The summed E-state index contributed by atoms with van der Waals surface area (Å²) in [5.41, 5.74) is 2.42. The van der Waals surface area contributed by atoms with Gasteiger partial charge in [0.05, 0.1) is 31.5 Å². The van der Waals surface area contributed by atoms with Gasteiger partial charge in [0.15, 0.2) is 5.69 Å². The largest absolute Gasteiger partial charge is 0.497 e. The second-order valence-corrected chi connectivity index (χ2v) is 6.55. The second-order valence-electron chi connectivity index (χ2n) is 6.55. The molecule has 0 fully saturated rings. The topological polar surface area (TPSA) is 88.1 Å². The minimum absolute atomic E-state index is 0.158. The number of aromatic nitrogens is 5. The van der Waals surface area contributed by atoms with E-state index in [-0.39, 0.29) is 30.0 Å². The first-order valence-corrected chi connectivity index (χ1v) is 9.00. The molecule has 2 aromatic heterocycles. The molecular formula is C20H16FN5O3. The number of ether oxygens (including phenoxy) is 2. The molecule has 0 aliphatic carbocycles. The van der Waals surface area contributed by atoms with Gasteiger partial charge in [-0.1, -0.05) is 34.6 Å². The summed E-state index contributed by atoms with van der Waals surface area (Å²) in [4.78, 5) is 4.29. The van der Waals surface area contributed by atoms with Gasteiger partial charge in [0.25, 0.3) is 5.89 Å². The van der Waals surface area contributed by atoms with Crippen molar-refractivity contribution in [2.45, 2.75) is 19.3 Å². The molecule has 1 aliphatic rings. The molecule has 4 aromatic rings. The van der Waals surface area contributed by atoms with E-state index in [1.54, 1.807) is 30.0 Å². The van der Waals surface area contributed by atoms with Gasteiger partial charge in [-0.15, -0.1) is 5.10 Å². The van der Waals surface area contributed by atoms with E-state index in [1.165, 1.54) is 6.07 Å². The molecule has 2 aromatic carbocycles. The van der Waals surface area contributed by atoms with Crippen LogP contribution in [-0.4, -0.2) is 32.2 Å². The molecule has 3 heterocycles. The summed E-state index contributed by atoms with van der Waals surface area (Å²) < 4.78 is 32.3. The first kappa shape index (κ1) is 17.5. The van der Waals surface area contributed by atoms with Crippen LogP contribution in [0.4, 0.5) is 4.39 Å². The lowest BCUT2D eigenvalue weighted by atomic mass is 10.1. The molecule has 5 rings (SSSR count). The Bertz CT molecular complexity index is 1170. The van der Waals surface area contributed by atoms with Gasteiger partial charge in [0, 0.05) is 0 Å². The maximum atomic E-state index is 14.0. The van der Waals surface area contributed by atoms with Gasteiger partial charge < -0.3 is 14.0 Å². The summed E-state index contributed by atoms with van der Waals surface area (Å²) in [6, 6.07) is 14.0. The Kier molecular flexibility index (Phi) is 4.28. The molecule has 0 amide bonds. The van der Waals surface area contributed by atoms with Crippen molar-refractivity contribution in [3.8, 4) is 28.7 Å². The highest BCUT2D eigenvalue weighted by Crippen LogP contribution is 2.32. The van der Waals surface area contributed by atoms with Crippen LogP contribution in [0.2, 0.25) is 0 Å². The zero-order valence-electron chi connectivity index (χ0n) is 15.4. The molecule has 9 heteroatoms. The van der Waals surface area contributed by atoms with Crippen molar-refractivity contribution in [1.29, 1.82) is 0 Å². The van der Waals surface area contributed by atoms with Gasteiger partial charge in [-0.2, -0.15) is 4.98 Å². The van der Waals surface area contributed by atoms with E-state index in [4.69, 9.17) is 14.0 Å². The fourth-order valence-electron chi connectivity index (χ4n) is 3.29. The molecule has 0 saturated carbocycles. The smallest absolute Gasteiger partial charge is 0.280 e. The third-order valence-electron chi connectivity index (χ3n) is 4.81.